The van der Waals surface area contributed by atoms with Gasteiger partial charge in [0.2, 0.25) is 0 Å². The molecule has 0 spiro atoms. The molecule has 2 heteroatoms. The second kappa shape index (κ2) is 6.78. The van der Waals surface area contributed by atoms with E-state index >= 15 is 0 Å². The Morgan fingerprint density at radius 1 is 1.00 bits per heavy atom. The largest absolute Gasteiger partial charge is 0.489 e. The molecule has 0 atom stereocenters. The topological polar surface area (TPSA) is 9.23 Å². The van der Waals surface area contributed by atoms with Crippen molar-refractivity contribution >= 4 is 12.6 Å². The van der Waals surface area contributed by atoms with Gasteiger partial charge in [-0.3, -0.25) is 0 Å². The smallest absolute Gasteiger partial charge is 0.121 e. The van der Waals surface area contributed by atoms with Crippen molar-refractivity contribution in [3.05, 3.63) is 65.7 Å². The lowest BCUT2D eigenvalue weighted by Crippen LogP contribution is -1.95. The molecule has 0 unspecified atom stereocenters. The Balaban J connectivity index is 2.01. The number of hydrogen-bond donors (Lipinski definition) is 1. The molecule has 18 heavy (non-hydrogen) atoms. The normalized spacial score (nSPS) is 9.39. The molecule has 0 amide bonds. The monoisotopic (exact) mass is 254 g/mol. The van der Waals surface area contributed by atoms with Gasteiger partial charge in [0.1, 0.15) is 12.4 Å². The zero-order valence-electron chi connectivity index (χ0n) is 9.97. The summed E-state index contributed by atoms with van der Waals surface area (Å²) in [5.41, 5.74) is 2.11. The fourth-order valence-corrected chi connectivity index (χ4v) is 1.63. The van der Waals surface area contributed by atoms with Gasteiger partial charge >= 0.3 is 0 Å². The van der Waals surface area contributed by atoms with Crippen LogP contribution in [-0.2, 0) is 6.61 Å². The first-order valence-corrected chi connectivity index (χ1v) is 6.38. The van der Waals surface area contributed by atoms with Gasteiger partial charge in [-0.1, -0.05) is 48.2 Å². The molecule has 2 aromatic carbocycles. The molecular formula is C16H14OS. The van der Waals surface area contributed by atoms with Crippen molar-refractivity contribution in [2.45, 2.75) is 6.61 Å². The molecule has 0 N–H and O–H groups in total. The van der Waals surface area contributed by atoms with E-state index in [1.165, 1.54) is 0 Å². The molecule has 2 aromatic rings. The highest BCUT2D eigenvalue weighted by molar-refractivity contribution is 7.80. The third-order valence-electron chi connectivity index (χ3n) is 2.39. The van der Waals surface area contributed by atoms with Gasteiger partial charge in [-0.05, 0) is 23.8 Å². The van der Waals surface area contributed by atoms with Crippen LogP contribution < -0.4 is 4.74 Å². The summed E-state index contributed by atoms with van der Waals surface area (Å²) < 4.78 is 5.73. The van der Waals surface area contributed by atoms with Crippen molar-refractivity contribution < 1.29 is 4.74 Å². The zero-order valence-corrected chi connectivity index (χ0v) is 10.9. The summed E-state index contributed by atoms with van der Waals surface area (Å²) in [5, 5.41) is 0. The molecule has 0 radical (unpaired) electrons. The van der Waals surface area contributed by atoms with E-state index in [-0.39, 0.29) is 0 Å². The zero-order chi connectivity index (χ0) is 12.6. The molecule has 0 aliphatic carbocycles. The molecule has 2 rings (SSSR count). The fraction of sp³-hybridized carbons (Fsp3) is 0.125. The highest BCUT2D eigenvalue weighted by Crippen LogP contribution is 2.14. The lowest BCUT2D eigenvalue weighted by molar-refractivity contribution is 0.306. The standard InChI is InChI=1S/C16H14OS/c18-11-5-9-14-8-4-10-16(12-14)17-13-15-6-2-1-3-7-15/h1-4,6-8,10,12,18H,11,13H2. The van der Waals surface area contributed by atoms with Crippen molar-refractivity contribution in [1.82, 2.24) is 0 Å². The Morgan fingerprint density at radius 3 is 2.61 bits per heavy atom. The maximum Gasteiger partial charge on any atom is 0.121 e. The van der Waals surface area contributed by atoms with Crippen molar-refractivity contribution in [2.24, 2.45) is 0 Å². The average Bonchev–Trinajstić information content (AvgIpc) is 2.44. The summed E-state index contributed by atoms with van der Waals surface area (Å²) in [6, 6.07) is 17.9. The quantitative estimate of drug-likeness (QED) is 0.651. The van der Waals surface area contributed by atoms with Crippen LogP contribution in [0.25, 0.3) is 0 Å². The lowest BCUT2D eigenvalue weighted by Gasteiger charge is -2.06. The molecule has 0 saturated carbocycles. The van der Waals surface area contributed by atoms with Crippen LogP contribution >= 0.6 is 12.6 Å². The first kappa shape index (κ1) is 12.6. The summed E-state index contributed by atoms with van der Waals surface area (Å²) in [6.45, 7) is 0.574. The predicted molar refractivity (Wildman–Crippen MR) is 77.9 cm³/mol. The molecule has 0 aliphatic rings. The molecule has 90 valence electrons. The molecular weight excluding hydrogens is 240 g/mol. The molecule has 1 nitrogen and oxygen atoms in total. The van der Waals surface area contributed by atoms with Gasteiger partial charge in [0.05, 0.1) is 5.75 Å². The Kier molecular flexibility index (Phi) is 4.75. The molecule has 0 fully saturated rings. The van der Waals surface area contributed by atoms with E-state index in [1.807, 2.05) is 54.6 Å². The minimum atomic E-state index is 0.565. The van der Waals surface area contributed by atoms with Gasteiger partial charge in [-0.15, -0.1) is 0 Å². The van der Waals surface area contributed by atoms with Crippen molar-refractivity contribution in [3.63, 3.8) is 0 Å². The Labute approximate surface area is 113 Å². The van der Waals surface area contributed by atoms with E-state index < -0.39 is 0 Å². The van der Waals surface area contributed by atoms with Crippen LogP contribution in [0.1, 0.15) is 11.1 Å². The van der Waals surface area contributed by atoms with E-state index in [1.54, 1.807) is 0 Å². The number of benzene rings is 2. The first-order valence-electron chi connectivity index (χ1n) is 5.75. The second-order valence-electron chi connectivity index (χ2n) is 3.76. The van der Waals surface area contributed by atoms with E-state index in [4.69, 9.17) is 4.74 Å². The number of rotatable bonds is 3. The van der Waals surface area contributed by atoms with Crippen LogP contribution in [0.15, 0.2) is 54.6 Å². The van der Waals surface area contributed by atoms with E-state index in [9.17, 15) is 0 Å². The van der Waals surface area contributed by atoms with Gasteiger partial charge in [-0.25, -0.2) is 0 Å². The highest BCUT2D eigenvalue weighted by atomic mass is 32.1. The summed E-state index contributed by atoms with van der Waals surface area (Å²) in [7, 11) is 0. The molecule has 0 aromatic heterocycles. The van der Waals surface area contributed by atoms with Gasteiger partial charge in [0, 0.05) is 5.56 Å². The summed E-state index contributed by atoms with van der Waals surface area (Å²) in [4.78, 5) is 0. The summed E-state index contributed by atoms with van der Waals surface area (Å²) >= 11 is 4.06. The van der Waals surface area contributed by atoms with Crippen LogP contribution in [0.2, 0.25) is 0 Å². The second-order valence-corrected chi connectivity index (χ2v) is 4.08. The Bertz CT molecular complexity index is 552. The lowest BCUT2D eigenvalue weighted by atomic mass is 10.2. The van der Waals surface area contributed by atoms with Crippen molar-refractivity contribution in [1.29, 1.82) is 0 Å². The van der Waals surface area contributed by atoms with Crippen LogP contribution in [0.3, 0.4) is 0 Å². The Morgan fingerprint density at radius 2 is 1.83 bits per heavy atom. The van der Waals surface area contributed by atoms with Gasteiger partial charge in [0.15, 0.2) is 0 Å². The van der Waals surface area contributed by atoms with Gasteiger partial charge in [-0.2, -0.15) is 12.6 Å². The number of ether oxygens (including phenoxy) is 1. The summed E-state index contributed by atoms with van der Waals surface area (Å²) in [6.07, 6.45) is 0. The van der Waals surface area contributed by atoms with Crippen LogP contribution in [-0.4, -0.2) is 5.75 Å². The predicted octanol–water partition coefficient (Wildman–Crippen LogP) is 3.55. The minimum Gasteiger partial charge on any atom is -0.489 e. The molecule has 0 heterocycles. The van der Waals surface area contributed by atoms with E-state index in [2.05, 4.69) is 24.5 Å². The van der Waals surface area contributed by atoms with Gasteiger partial charge in [0.25, 0.3) is 0 Å². The van der Waals surface area contributed by atoms with Crippen LogP contribution in [0.5, 0.6) is 5.75 Å². The van der Waals surface area contributed by atoms with Gasteiger partial charge < -0.3 is 4.74 Å². The van der Waals surface area contributed by atoms with Crippen LogP contribution in [0.4, 0.5) is 0 Å². The molecule has 0 aliphatic heterocycles. The van der Waals surface area contributed by atoms with E-state index in [0.29, 0.717) is 12.4 Å². The highest BCUT2D eigenvalue weighted by Gasteiger charge is 1.96. The number of hydrogen-bond acceptors (Lipinski definition) is 2. The number of thiol groups is 1. The first-order chi connectivity index (χ1) is 8.88. The van der Waals surface area contributed by atoms with Crippen molar-refractivity contribution in [2.75, 3.05) is 5.75 Å². The summed E-state index contributed by atoms with van der Waals surface area (Å²) in [5.74, 6) is 7.35. The SMILES string of the molecule is SCC#Cc1cccc(OCc2ccccc2)c1. The molecule has 0 bridgehead atoms. The average molecular weight is 254 g/mol. The third-order valence-corrected chi connectivity index (χ3v) is 2.55. The fourth-order valence-electron chi connectivity index (χ4n) is 1.55. The third kappa shape index (κ3) is 3.87. The van der Waals surface area contributed by atoms with E-state index in [0.717, 1.165) is 16.9 Å². The molecule has 0 saturated heterocycles. The van der Waals surface area contributed by atoms with Crippen molar-refractivity contribution in [3.8, 4) is 17.6 Å². The maximum absolute atomic E-state index is 5.73. The Hall–Kier alpha value is -1.85. The maximum atomic E-state index is 5.73. The van der Waals surface area contributed by atoms with Crippen LogP contribution in [0, 0.1) is 11.8 Å². The minimum absolute atomic E-state index is 0.565.